The molecule has 0 bridgehead atoms. The highest BCUT2D eigenvalue weighted by atomic mass is 32.2. The zero-order valence-corrected chi connectivity index (χ0v) is 3.49. The zero-order valence-electron chi connectivity index (χ0n) is 2.67. The van der Waals surface area contributed by atoms with Crippen molar-refractivity contribution in [1.29, 1.82) is 0 Å². The summed E-state index contributed by atoms with van der Waals surface area (Å²) in [6.07, 6.45) is 0.715. The lowest BCUT2D eigenvalue weighted by Crippen LogP contribution is -1.88. The van der Waals surface area contributed by atoms with Gasteiger partial charge in [0.15, 0.2) is 0 Å². The van der Waals surface area contributed by atoms with Gasteiger partial charge >= 0.3 is 0 Å². The maximum atomic E-state index is 9.19. The average molecular weight is 128 g/mol. The Kier molecular flexibility index (Phi) is 9.20. The second kappa shape index (κ2) is 4.08. The number of hydrogen-bond acceptors (Lipinski definition) is 2. The minimum absolute atomic E-state index is 0. The van der Waals surface area contributed by atoms with E-state index in [4.69, 9.17) is 4.55 Å². The van der Waals surface area contributed by atoms with E-state index in [-0.39, 0.29) is 14.9 Å². The van der Waals surface area contributed by atoms with Crippen molar-refractivity contribution in [2.45, 2.75) is 14.9 Å². The van der Waals surface area contributed by atoms with E-state index >= 15 is 0 Å². The molecule has 0 aromatic heterocycles. The zero-order chi connectivity index (χ0) is 4.50. The molecule has 0 saturated heterocycles. The standard InChI is InChI=1S/CH4O3S.2CH4/c1-5(2,3)4;;/h1H3,(H,2,3,4);2*1H4. The maximum Gasteiger partial charge on any atom is 0.261 e. The molecule has 0 aliphatic rings. The second-order valence-electron chi connectivity index (χ2n) is 0.733. The summed E-state index contributed by atoms with van der Waals surface area (Å²) in [5.74, 6) is 0. The lowest BCUT2D eigenvalue weighted by Gasteiger charge is -1.69. The maximum absolute atomic E-state index is 9.19. The van der Waals surface area contributed by atoms with Crippen LogP contribution in [0, 0.1) is 0 Å². The van der Waals surface area contributed by atoms with E-state index in [1.807, 2.05) is 0 Å². The smallest absolute Gasteiger partial charge is 0.261 e. The summed E-state index contributed by atoms with van der Waals surface area (Å²) in [5, 5.41) is 0. The van der Waals surface area contributed by atoms with Gasteiger partial charge in [-0.1, -0.05) is 14.9 Å². The van der Waals surface area contributed by atoms with Gasteiger partial charge in [-0.15, -0.1) is 0 Å². The third kappa shape index (κ3) is 11200. The van der Waals surface area contributed by atoms with Gasteiger partial charge in [-0.3, -0.25) is 4.55 Å². The number of rotatable bonds is 0. The van der Waals surface area contributed by atoms with Crippen molar-refractivity contribution in [3.05, 3.63) is 0 Å². The lowest BCUT2D eigenvalue weighted by atomic mass is 12.0. The van der Waals surface area contributed by atoms with E-state index in [1.54, 1.807) is 0 Å². The van der Waals surface area contributed by atoms with Crippen LogP contribution in [0.5, 0.6) is 0 Å². The molecule has 1 N–H and O–H groups in total. The summed E-state index contributed by atoms with van der Waals surface area (Å²) in [6.45, 7) is 0. The Hall–Kier alpha value is -0.0900. The van der Waals surface area contributed by atoms with Crippen LogP contribution in [0.15, 0.2) is 0 Å². The molecule has 0 unspecified atom stereocenters. The van der Waals surface area contributed by atoms with Crippen molar-refractivity contribution in [2.75, 3.05) is 6.26 Å². The van der Waals surface area contributed by atoms with E-state index in [1.165, 1.54) is 0 Å². The molecule has 0 aliphatic carbocycles. The van der Waals surface area contributed by atoms with Gasteiger partial charge in [-0.25, -0.2) is 0 Å². The summed E-state index contributed by atoms with van der Waals surface area (Å²) < 4.78 is 25.9. The Morgan fingerprint density at radius 2 is 1.29 bits per heavy atom. The minimum Gasteiger partial charge on any atom is -0.286 e. The van der Waals surface area contributed by atoms with Crippen molar-refractivity contribution in [1.82, 2.24) is 0 Å². The Labute approximate surface area is 45.1 Å². The van der Waals surface area contributed by atoms with Gasteiger partial charge in [-0.2, -0.15) is 8.42 Å². The third-order valence-corrected chi connectivity index (χ3v) is 0. The molecular formula is C3H12O3S. The van der Waals surface area contributed by atoms with Crippen LogP contribution in [0.3, 0.4) is 0 Å². The molecule has 0 amide bonds. The summed E-state index contributed by atoms with van der Waals surface area (Å²) in [5.41, 5.74) is 0. The van der Waals surface area contributed by atoms with E-state index in [0.717, 1.165) is 0 Å². The van der Waals surface area contributed by atoms with Crippen LogP contribution in [-0.4, -0.2) is 19.2 Å². The highest BCUT2D eigenvalue weighted by molar-refractivity contribution is 7.85. The molecule has 3 nitrogen and oxygen atoms in total. The van der Waals surface area contributed by atoms with Gasteiger partial charge in [-0.05, 0) is 0 Å². The molecule has 0 heterocycles. The van der Waals surface area contributed by atoms with E-state index in [9.17, 15) is 8.42 Å². The monoisotopic (exact) mass is 128 g/mol. The van der Waals surface area contributed by atoms with Gasteiger partial charge in [0, 0.05) is 0 Å². The van der Waals surface area contributed by atoms with E-state index < -0.39 is 10.1 Å². The van der Waals surface area contributed by atoms with Gasteiger partial charge in [0.05, 0.1) is 6.26 Å². The fourth-order valence-corrected chi connectivity index (χ4v) is 0. The lowest BCUT2D eigenvalue weighted by molar-refractivity contribution is 0.490. The predicted molar refractivity (Wildman–Crippen MR) is 30.9 cm³/mol. The van der Waals surface area contributed by atoms with Crippen molar-refractivity contribution < 1.29 is 13.0 Å². The van der Waals surface area contributed by atoms with Crippen LogP contribution in [0.1, 0.15) is 14.9 Å². The van der Waals surface area contributed by atoms with Crippen LogP contribution < -0.4 is 0 Å². The fourth-order valence-electron chi connectivity index (χ4n) is 0. The molecule has 7 heavy (non-hydrogen) atoms. The molecule has 0 aromatic rings. The average Bonchev–Trinajstić information content (AvgIpc) is 0.722. The third-order valence-electron chi connectivity index (χ3n) is 0. The van der Waals surface area contributed by atoms with Gasteiger partial charge in [0.2, 0.25) is 0 Å². The van der Waals surface area contributed by atoms with Crippen molar-refractivity contribution >= 4 is 10.1 Å². The fraction of sp³-hybridized carbons (Fsp3) is 1.00. The molecule has 0 saturated carbocycles. The van der Waals surface area contributed by atoms with Crippen LogP contribution in [0.2, 0.25) is 0 Å². The Balaban J connectivity index is -0.0000000800. The van der Waals surface area contributed by atoms with E-state index in [0.29, 0.717) is 6.26 Å². The summed E-state index contributed by atoms with van der Waals surface area (Å²) >= 11 is 0. The second-order valence-corrected chi connectivity index (χ2v) is 2.20. The van der Waals surface area contributed by atoms with Crippen molar-refractivity contribution in [3.63, 3.8) is 0 Å². The first-order chi connectivity index (χ1) is 2.00. The summed E-state index contributed by atoms with van der Waals surface area (Å²) in [6, 6.07) is 0. The highest BCUT2D eigenvalue weighted by Gasteiger charge is 1.81. The molecule has 0 spiro atoms. The topological polar surface area (TPSA) is 54.4 Å². The number of hydrogen-bond donors (Lipinski definition) is 1. The quantitative estimate of drug-likeness (QED) is 0.490. The first-order valence-corrected chi connectivity index (χ1v) is 2.77. The molecule has 0 radical (unpaired) electrons. The molecule has 0 rings (SSSR count). The van der Waals surface area contributed by atoms with Gasteiger partial charge < -0.3 is 0 Å². The first kappa shape index (κ1) is 15.8. The van der Waals surface area contributed by atoms with Crippen molar-refractivity contribution in [2.24, 2.45) is 0 Å². The van der Waals surface area contributed by atoms with E-state index in [2.05, 4.69) is 0 Å². The first-order valence-electron chi connectivity index (χ1n) is 0.924. The summed E-state index contributed by atoms with van der Waals surface area (Å²) in [7, 11) is -3.67. The predicted octanol–water partition coefficient (Wildman–Crippen LogP) is 0.776. The Bertz CT molecular complexity index is 93.3. The van der Waals surface area contributed by atoms with Crippen LogP contribution in [0.25, 0.3) is 0 Å². The Morgan fingerprint density at radius 1 is 1.29 bits per heavy atom. The van der Waals surface area contributed by atoms with Gasteiger partial charge in [0.25, 0.3) is 10.1 Å². The molecule has 4 heteroatoms. The Morgan fingerprint density at radius 3 is 1.29 bits per heavy atom. The van der Waals surface area contributed by atoms with Crippen LogP contribution in [-0.2, 0) is 10.1 Å². The normalized spacial score (nSPS) is 8.29. The SMILES string of the molecule is C.C.CS(=O)(=O)O. The highest BCUT2D eigenvalue weighted by Crippen LogP contribution is 1.60. The molecule has 48 valence electrons. The molecule has 0 fully saturated rings. The molecule has 0 aromatic carbocycles. The molecule has 0 atom stereocenters. The van der Waals surface area contributed by atoms with Crippen LogP contribution in [0.4, 0.5) is 0 Å². The largest absolute Gasteiger partial charge is 0.286 e. The summed E-state index contributed by atoms with van der Waals surface area (Å²) in [4.78, 5) is 0. The van der Waals surface area contributed by atoms with Gasteiger partial charge in [0.1, 0.15) is 0 Å². The molecule has 0 aliphatic heterocycles. The van der Waals surface area contributed by atoms with Crippen LogP contribution >= 0.6 is 0 Å². The minimum atomic E-state index is -3.67. The van der Waals surface area contributed by atoms with Crippen molar-refractivity contribution in [3.8, 4) is 0 Å². The molecular weight excluding hydrogens is 116 g/mol.